The lowest BCUT2D eigenvalue weighted by Gasteiger charge is -2.35. The molecule has 1 aliphatic rings. The third kappa shape index (κ3) is 3.62. The molecule has 0 unspecified atom stereocenters. The van der Waals surface area contributed by atoms with Crippen LogP contribution in [0.2, 0.25) is 0 Å². The van der Waals surface area contributed by atoms with E-state index in [9.17, 15) is 9.18 Å². The van der Waals surface area contributed by atoms with Crippen molar-refractivity contribution in [3.63, 3.8) is 0 Å². The van der Waals surface area contributed by atoms with Crippen LogP contribution in [0.4, 0.5) is 10.2 Å². The Morgan fingerprint density at radius 3 is 2.57 bits per heavy atom. The van der Waals surface area contributed by atoms with Crippen LogP contribution < -0.4 is 4.90 Å². The van der Waals surface area contributed by atoms with Crippen molar-refractivity contribution in [3.05, 3.63) is 52.9 Å². The van der Waals surface area contributed by atoms with E-state index < -0.39 is 0 Å². The number of H-pyrrole nitrogens is 1. The Kier molecular flexibility index (Phi) is 4.85. The summed E-state index contributed by atoms with van der Waals surface area (Å²) in [5.41, 5.74) is 3.14. The fourth-order valence-corrected chi connectivity index (χ4v) is 3.93. The van der Waals surface area contributed by atoms with Gasteiger partial charge in [-0.05, 0) is 39.0 Å². The number of piperazine rings is 1. The van der Waals surface area contributed by atoms with Gasteiger partial charge in [0.15, 0.2) is 5.78 Å². The topological polar surface area (TPSA) is 65.1 Å². The molecule has 1 aromatic carbocycles. The minimum Gasteiger partial charge on any atom is -0.358 e. The fraction of sp³-hybridized carbons (Fsp3) is 0.381. The second-order valence-corrected chi connectivity index (χ2v) is 7.42. The number of aryl methyl sites for hydroxylation is 3. The number of hydrogen-bond acceptors (Lipinski definition) is 5. The van der Waals surface area contributed by atoms with E-state index in [4.69, 9.17) is 0 Å². The molecule has 6 nitrogen and oxygen atoms in total. The number of aromatic amines is 1. The molecule has 0 bridgehead atoms. The minimum absolute atomic E-state index is 0.0246. The number of hydrogen-bond donors (Lipinski definition) is 1. The summed E-state index contributed by atoms with van der Waals surface area (Å²) in [6.07, 6.45) is 0. The maximum Gasteiger partial charge on any atom is 0.179 e. The lowest BCUT2D eigenvalue weighted by molar-refractivity contribution is 0.0927. The van der Waals surface area contributed by atoms with Crippen LogP contribution in [-0.4, -0.2) is 58.4 Å². The maximum absolute atomic E-state index is 13.7. The monoisotopic (exact) mass is 381 g/mol. The van der Waals surface area contributed by atoms with Crippen LogP contribution in [0.3, 0.4) is 0 Å². The number of rotatable bonds is 4. The lowest BCUT2D eigenvalue weighted by atomic mass is 10.1. The number of carbonyl (C=O) groups excluding carboxylic acids is 1. The number of fused-ring (bicyclic) bond motifs is 1. The molecule has 7 heteroatoms. The van der Waals surface area contributed by atoms with Crippen molar-refractivity contribution in [2.45, 2.75) is 20.8 Å². The lowest BCUT2D eigenvalue weighted by Crippen LogP contribution is -2.48. The molecule has 0 aliphatic carbocycles. The van der Waals surface area contributed by atoms with Crippen LogP contribution in [0.25, 0.3) is 10.9 Å². The van der Waals surface area contributed by atoms with Gasteiger partial charge in [0.25, 0.3) is 0 Å². The number of ketones is 1. The van der Waals surface area contributed by atoms with Crippen LogP contribution in [0.1, 0.15) is 27.6 Å². The van der Waals surface area contributed by atoms with Gasteiger partial charge >= 0.3 is 0 Å². The zero-order chi connectivity index (χ0) is 19.8. The number of nitrogens with zero attached hydrogens (tertiary/aromatic N) is 4. The quantitative estimate of drug-likeness (QED) is 0.704. The van der Waals surface area contributed by atoms with Crippen molar-refractivity contribution in [2.75, 3.05) is 37.6 Å². The minimum atomic E-state index is -0.329. The number of anilines is 1. The van der Waals surface area contributed by atoms with Crippen molar-refractivity contribution in [1.82, 2.24) is 19.9 Å². The highest BCUT2D eigenvalue weighted by atomic mass is 19.1. The molecule has 1 saturated heterocycles. The molecule has 28 heavy (non-hydrogen) atoms. The highest BCUT2D eigenvalue weighted by Crippen LogP contribution is 2.24. The molecule has 0 saturated carbocycles. The molecule has 0 radical (unpaired) electrons. The van der Waals surface area contributed by atoms with E-state index in [1.807, 2.05) is 26.8 Å². The number of aromatic nitrogens is 3. The summed E-state index contributed by atoms with van der Waals surface area (Å²) >= 11 is 0. The van der Waals surface area contributed by atoms with Crippen LogP contribution >= 0.6 is 0 Å². The summed E-state index contributed by atoms with van der Waals surface area (Å²) in [6, 6.07) is 6.52. The van der Waals surface area contributed by atoms with Gasteiger partial charge in [0, 0.05) is 60.1 Å². The second kappa shape index (κ2) is 7.31. The van der Waals surface area contributed by atoms with Gasteiger partial charge in [0.05, 0.1) is 6.54 Å². The smallest absolute Gasteiger partial charge is 0.179 e. The number of carbonyl (C=O) groups is 1. The Morgan fingerprint density at radius 2 is 1.86 bits per heavy atom. The third-order valence-electron chi connectivity index (χ3n) is 5.24. The summed E-state index contributed by atoms with van der Waals surface area (Å²) in [7, 11) is 0. The van der Waals surface area contributed by atoms with Crippen LogP contribution in [0, 0.1) is 26.6 Å². The van der Waals surface area contributed by atoms with Gasteiger partial charge in [0.1, 0.15) is 17.5 Å². The van der Waals surface area contributed by atoms with Gasteiger partial charge in [-0.25, -0.2) is 14.4 Å². The summed E-state index contributed by atoms with van der Waals surface area (Å²) in [5.74, 6) is 1.41. The second-order valence-electron chi connectivity index (χ2n) is 7.42. The molecular formula is C21H24FN5O. The summed E-state index contributed by atoms with van der Waals surface area (Å²) in [5, 5.41) is 0.660. The van der Waals surface area contributed by atoms with E-state index in [1.54, 1.807) is 6.07 Å². The molecule has 1 aliphatic heterocycles. The van der Waals surface area contributed by atoms with Crippen LogP contribution in [0.15, 0.2) is 24.3 Å². The van der Waals surface area contributed by atoms with E-state index in [0.29, 0.717) is 17.5 Å². The van der Waals surface area contributed by atoms with Gasteiger partial charge < -0.3 is 9.88 Å². The summed E-state index contributed by atoms with van der Waals surface area (Å²) < 4.78 is 13.7. The fourth-order valence-electron chi connectivity index (χ4n) is 3.93. The van der Waals surface area contributed by atoms with Crippen molar-refractivity contribution in [2.24, 2.45) is 0 Å². The number of halogens is 1. The summed E-state index contributed by atoms with van der Waals surface area (Å²) in [4.78, 5) is 29.4. The molecule has 3 aromatic rings. The van der Waals surface area contributed by atoms with E-state index >= 15 is 0 Å². The largest absolute Gasteiger partial charge is 0.358 e. The normalized spacial score (nSPS) is 15.4. The molecule has 146 valence electrons. The molecule has 1 fully saturated rings. The molecule has 0 spiro atoms. The molecule has 0 amide bonds. The number of nitrogens with one attached hydrogen (secondary N) is 1. The first-order valence-corrected chi connectivity index (χ1v) is 9.51. The molecule has 2 aromatic heterocycles. The van der Waals surface area contributed by atoms with E-state index in [1.165, 1.54) is 12.1 Å². The Bertz CT molecular complexity index is 1020. The predicted octanol–water partition coefficient (Wildman–Crippen LogP) is 3.03. The Balaban J connectivity index is 1.44. The van der Waals surface area contributed by atoms with Gasteiger partial charge in [0.2, 0.25) is 0 Å². The van der Waals surface area contributed by atoms with E-state index in [-0.39, 0.29) is 11.6 Å². The highest BCUT2D eigenvalue weighted by Gasteiger charge is 2.23. The molecule has 4 rings (SSSR count). The van der Waals surface area contributed by atoms with Crippen molar-refractivity contribution < 1.29 is 9.18 Å². The number of benzene rings is 1. The van der Waals surface area contributed by atoms with Gasteiger partial charge in [-0.1, -0.05) is 0 Å². The standard InChI is InChI=1S/C21H24FN5O/c1-13-10-20(25-15(3)23-13)27-8-6-26(7-9-27)12-19(28)21-14(2)24-18-5-4-16(22)11-17(18)21/h4-5,10-11,24H,6-9,12H2,1-3H3. The van der Waals surface area contributed by atoms with Crippen molar-refractivity contribution >= 4 is 22.5 Å². The first-order chi connectivity index (χ1) is 13.4. The number of Topliss-reactive ketones (excluding diaryl/α,β-unsaturated/α-hetero) is 1. The Morgan fingerprint density at radius 1 is 1.11 bits per heavy atom. The van der Waals surface area contributed by atoms with E-state index in [2.05, 4.69) is 24.8 Å². The van der Waals surface area contributed by atoms with Crippen molar-refractivity contribution in [1.29, 1.82) is 0 Å². The van der Waals surface area contributed by atoms with Gasteiger partial charge in [-0.3, -0.25) is 9.69 Å². The zero-order valence-electron chi connectivity index (χ0n) is 16.4. The third-order valence-corrected chi connectivity index (χ3v) is 5.24. The van der Waals surface area contributed by atoms with Gasteiger partial charge in [-0.15, -0.1) is 0 Å². The Labute approximate surface area is 163 Å². The van der Waals surface area contributed by atoms with Crippen molar-refractivity contribution in [3.8, 4) is 0 Å². The van der Waals surface area contributed by atoms with E-state index in [0.717, 1.165) is 54.7 Å². The van der Waals surface area contributed by atoms with Crippen LogP contribution in [-0.2, 0) is 0 Å². The molecular weight excluding hydrogens is 357 g/mol. The Hall–Kier alpha value is -2.80. The average Bonchev–Trinajstić information content (AvgIpc) is 2.96. The molecule has 1 N–H and O–H groups in total. The SMILES string of the molecule is Cc1cc(N2CCN(CC(=O)c3c(C)[nH]c4ccc(F)cc34)CC2)nc(C)n1. The zero-order valence-corrected chi connectivity index (χ0v) is 16.4. The maximum atomic E-state index is 13.7. The first-order valence-electron chi connectivity index (χ1n) is 9.51. The first kappa shape index (κ1) is 18.6. The predicted molar refractivity (Wildman–Crippen MR) is 107 cm³/mol. The van der Waals surface area contributed by atoms with Crippen LogP contribution in [0.5, 0.6) is 0 Å². The molecule has 3 heterocycles. The van der Waals surface area contributed by atoms with Gasteiger partial charge in [-0.2, -0.15) is 0 Å². The molecule has 0 atom stereocenters. The summed E-state index contributed by atoms with van der Waals surface area (Å²) in [6.45, 7) is 9.25. The average molecular weight is 381 g/mol. The highest BCUT2D eigenvalue weighted by molar-refractivity contribution is 6.10.